The van der Waals surface area contributed by atoms with E-state index in [0.29, 0.717) is 19.3 Å². The van der Waals surface area contributed by atoms with Gasteiger partial charge >= 0.3 is 5.97 Å². The predicted molar refractivity (Wildman–Crippen MR) is 124 cm³/mol. The third kappa shape index (κ3) is 7.59. The van der Waals surface area contributed by atoms with Crippen LogP contribution < -0.4 is 5.32 Å². The number of hydrogen-bond donors (Lipinski definition) is 3. The van der Waals surface area contributed by atoms with Crippen LogP contribution in [-0.2, 0) is 22.4 Å². The fraction of sp³-hybridized carbons (Fsp3) is 0.385. The highest BCUT2D eigenvalue weighted by Gasteiger charge is 2.16. The van der Waals surface area contributed by atoms with Crippen LogP contribution in [0.2, 0.25) is 0 Å². The first-order valence-electron chi connectivity index (χ1n) is 11.2. The molecule has 0 radical (unpaired) electrons. The zero-order valence-corrected chi connectivity index (χ0v) is 18.0. The number of carbonyl (C=O) groups is 2. The summed E-state index contributed by atoms with van der Waals surface area (Å²) in [7, 11) is 0. The Hall–Kier alpha value is -3.08. The van der Waals surface area contributed by atoms with Crippen molar-refractivity contribution in [3.05, 3.63) is 71.9 Å². The summed E-state index contributed by atoms with van der Waals surface area (Å²) < 4.78 is 0. The molecule has 0 saturated heterocycles. The lowest BCUT2D eigenvalue weighted by molar-refractivity contribution is -0.137. The van der Waals surface area contributed by atoms with Crippen molar-refractivity contribution in [1.82, 2.24) is 10.3 Å². The van der Waals surface area contributed by atoms with Gasteiger partial charge in [-0.3, -0.25) is 9.59 Å². The van der Waals surface area contributed by atoms with Crippen molar-refractivity contribution in [1.29, 1.82) is 0 Å². The maximum Gasteiger partial charge on any atom is 0.303 e. The highest BCUT2D eigenvalue weighted by Crippen LogP contribution is 2.20. The van der Waals surface area contributed by atoms with Crippen LogP contribution in [0.1, 0.15) is 56.1 Å². The minimum atomic E-state index is -0.836. The minimum absolute atomic E-state index is 0.0123. The molecule has 1 aromatic heterocycles. The molecule has 1 atom stereocenters. The summed E-state index contributed by atoms with van der Waals surface area (Å²) in [6.45, 7) is 0. The molecular formula is C26H32N2O3. The Morgan fingerprint density at radius 2 is 1.65 bits per heavy atom. The number of carboxylic acids is 1. The number of H-pyrrole nitrogens is 1. The van der Waals surface area contributed by atoms with Gasteiger partial charge in [0.25, 0.3) is 0 Å². The van der Waals surface area contributed by atoms with E-state index in [1.807, 2.05) is 36.5 Å². The molecule has 5 nitrogen and oxygen atoms in total. The van der Waals surface area contributed by atoms with Crippen molar-refractivity contribution in [2.24, 2.45) is 0 Å². The number of para-hydroxylation sites is 1. The van der Waals surface area contributed by atoms with E-state index in [4.69, 9.17) is 5.11 Å². The molecule has 3 aromatic rings. The molecule has 5 heteroatoms. The van der Waals surface area contributed by atoms with E-state index in [0.717, 1.165) is 48.6 Å². The molecule has 0 aliphatic heterocycles. The molecule has 1 heterocycles. The SMILES string of the molecule is O=C(O)CC[C@@H](Cc1c[nH]c2ccccc12)NC(=O)CCCCCCc1ccccc1. The number of carboxylic acid groups (broad SMARTS) is 1. The zero-order valence-electron chi connectivity index (χ0n) is 18.0. The Labute approximate surface area is 183 Å². The van der Waals surface area contributed by atoms with Crippen LogP contribution >= 0.6 is 0 Å². The average molecular weight is 421 g/mol. The van der Waals surface area contributed by atoms with Gasteiger partial charge in [-0.25, -0.2) is 0 Å². The third-order valence-electron chi connectivity index (χ3n) is 5.68. The summed E-state index contributed by atoms with van der Waals surface area (Å²) >= 11 is 0. The Morgan fingerprint density at radius 3 is 2.45 bits per heavy atom. The van der Waals surface area contributed by atoms with Crippen molar-refractivity contribution in [2.45, 2.75) is 63.8 Å². The molecule has 0 bridgehead atoms. The number of nitrogens with one attached hydrogen (secondary N) is 2. The quantitative estimate of drug-likeness (QED) is 0.330. The van der Waals surface area contributed by atoms with Gasteiger partial charge in [0.1, 0.15) is 0 Å². The largest absolute Gasteiger partial charge is 0.481 e. The van der Waals surface area contributed by atoms with E-state index in [9.17, 15) is 9.59 Å². The van der Waals surface area contributed by atoms with Crippen molar-refractivity contribution in [2.75, 3.05) is 0 Å². The molecule has 1 amide bonds. The number of aromatic amines is 1. The summed E-state index contributed by atoms with van der Waals surface area (Å²) in [4.78, 5) is 26.8. The van der Waals surface area contributed by atoms with Gasteiger partial charge in [-0.2, -0.15) is 0 Å². The molecule has 0 fully saturated rings. The monoisotopic (exact) mass is 420 g/mol. The number of aryl methyl sites for hydroxylation is 1. The van der Waals surface area contributed by atoms with Gasteiger partial charge in [0.05, 0.1) is 0 Å². The molecule has 3 N–H and O–H groups in total. The van der Waals surface area contributed by atoms with Gasteiger partial charge in [-0.1, -0.05) is 61.4 Å². The number of benzene rings is 2. The van der Waals surface area contributed by atoms with E-state index in [1.165, 1.54) is 5.56 Å². The van der Waals surface area contributed by atoms with E-state index in [-0.39, 0.29) is 18.4 Å². The molecule has 31 heavy (non-hydrogen) atoms. The first kappa shape index (κ1) is 22.6. The first-order valence-corrected chi connectivity index (χ1v) is 11.2. The van der Waals surface area contributed by atoms with Gasteiger partial charge in [0.2, 0.25) is 5.91 Å². The Morgan fingerprint density at radius 1 is 0.903 bits per heavy atom. The minimum Gasteiger partial charge on any atom is -0.481 e. The molecule has 0 aliphatic carbocycles. The summed E-state index contributed by atoms with van der Waals surface area (Å²) in [5, 5.41) is 13.3. The summed E-state index contributed by atoms with van der Waals surface area (Å²) in [6, 6.07) is 18.3. The molecule has 0 aliphatic rings. The van der Waals surface area contributed by atoms with Crippen LogP contribution in [-0.4, -0.2) is 28.0 Å². The Kier molecular flexibility index (Phi) is 8.71. The second kappa shape index (κ2) is 11.9. The normalized spacial score (nSPS) is 12.0. The predicted octanol–water partition coefficient (Wildman–Crippen LogP) is 5.25. The van der Waals surface area contributed by atoms with Crippen LogP contribution in [0.3, 0.4) is 0 Å². The maximum atomic E-state index is 12.5. The third-order valence-corrected chi connectivity index (χ3v) is 5.68. The van der Waals surface area contributed by atoms with Crippen molar-refractivity contribution in [3.8, 4) is 0 Å². The Balaban J connectivity index is 1.43. The number of unbranched alkanes of at least 4 members (excludes halogenated alkanes) is 3. The lowest BCUT2D eigenvalue weighted by Crippen LogP contribution is -2.36. The van der Waals surface area contributed by atoms with Crippen LogP contribution in [0.25, 0.3) is 10.9 Å². The number of carbonyl (C=O) groups excluding carboxylic acids is 1. The molecular weight excluding hydrogens is 388 g/mol. The Bertz CT molecular complexity index is 965. The van der Waals surface area contributed by atoms with Gasteiger partial charge in [0, 0.05) is 36.0 Å². The molecule has 2 aromatic carbocycles. The maximum absolute atomic E-state index is 12.5. The van der Waals surface area contributed by atoms with E-state index >= 15 is 0 Å². The molecule has 0 spiro atoms. The topological polar surface area (TPSA) is 82.2 Å². The smallest absolute Gasteiger partial charge is 0.303 e. The van der Waals surface area contributed by atoms with Crippen molar-refractivity contribution >= 4 is 22.8 Å². The lowest BCUT2D eigenvalue weighted by atomic mass is 10.0. The number of hydrogen-bond acceptors (Lipinski definition) is 2. The number of aliphatic carboxylic acids is 1. The number of amides is 1. The second-order valence-electron chi connectivity index (χ2n) is 8.16. The van der Waals surface area contributed by atoms with Crippen LogP contribution in [0.15, 0.2) is 60.8 Å². The average Bonchev–Trinajstić information content (AvgIpc) is 3.18. The van der Waals surface area contributed by atoms with Crippen LogP contribution in [0.4, 0.5) is 0 Å². The van der Waals surface area contributed by atoms with Crippen molar-refractivity contribution < 1.29 is 14.7 Å². The second-order valence-corrected chi connectivity index (χ2v) is 8.16. The van der Waals surface area contributed by atoms with Gasteiger partial charge in [0.15, 0.2) is 0 Å². The molecule has 0 saturated carbocycles. The lowest BCUT2D eigenvalue weighted by Gasteiger charge is -2.18. The van der Waals surface area contributed by atoms with E-state index in [2.05, 4.69) is 34.6 Å². The van der Waals surface area contributed by atoms with E-state index in [1.54, 1.807) is 0 Å². The highest BCUT2D eigenvalue weighted by atomic mass is 16.4. The zero-order chi connectivity index (χ0) is 21.9. The first-order chi connectivity index (χ1) is 15.1. The van der Waals surface area contributed by atoms with Gasteiger partial charge in [-0.15, -0.1) is 0 Å². The molecule has 0 unspecified atom stereocenters. The number of aromatic nitrogens is 1. The fourth-order valence-corrected chi connectivity index (χ4v) is 4.00. The molecule has 164 valence electrons. The van der Waals surface area contributed by atoms with Gasteiger partial charge in [-0.05, 0) is 49.3 Å². The van der Waals surface area contributed by atoms with Crippen LogP contribution in [0, 0.1) is 0 Å². The van der Waals surface area contributed by atoms with Gasteiger partial charge < -0.3 is 15.4 Å². The number of rotatable bonds is 13. The molecule has 3 rings (SSSR count). The van der Waals surface area contributed by atoms with Crippen molar-refractivity contribution in [3.63, 3.8) is 0 Å². The summed E-state index contributed by atoms with van der Waals surface area (Å²) in [5.41, 5.74) is 3.52. The van der Waals surface area contributed by atoms with Crippen LogP contribution in [0.5, 0.6) is 0 Å². The summed E-state index contributed by atoms with van der Waals surface area (Å²) in [5.74, 6) is -0.824. The number of fused-ring (bicyclic) bond motifs is 1. The van der Waals surface area contributed by atoms with E-state index < -0.39 is 5.97 Å². The standard InChI is InChI=1S/C26H32N2O3/c29-25(15-7-2-1-4-10-20-11-5-3-6-12-20)28-22(16-17-26(30)31)18-21-19-27-24-14-9-8-13-23(21)24/h3,5-6,8-9,11-14,19,22,27H,1-2,4,7,10,15-18H2,(H,28,29)(H,30,31)/t22-/m0/s1. The fourth-order valence-electron chi connectivity index (χ4n) is 4.00. The highest BCUT2D eigenvalue weighted by molar-refractivity contribution is 5.83. The summed E-state index contributed by atoms with van der Waals surface area (Å²) in [6.07, 6.45) is 8.76.